The zero-order chi connectivity index (χ0) is 11.4. The lowest BCUT2D eigenvalue weighted by Crippen LogP contribution is -2.01. The predicted octanol–water partition coefficient (Wildman–Crippen LogP) is 3.60. The Kier molecular flexibility index (Phi) is 4.28. The van der Waals surface area contributed by atoms with E-state index in [9.17, 15) is 9.50 Å². The fourth-order valence-electron chi connectivity index (χ4n) is 1.61. The van der Waals surface area contributed by atoms with Crippen LogP contribution in [0.3, 0.4) is 0 Å². The van der Waals surface area contributed by atoms with Gasteiger partial charge in [-0.05, 0) is 48.9 Å². The highest BCUT2D eigenvalue weighted by molar-refractivity contribution is 5.25. The van der Waals surface area contributed by atoms with Crippen LogP contribution in [-0.4, -0.2) is 5.11 Å². The maximum absolute atomic E-state index is 13.1. The summed E-state index contributed by atoms with van der Waals surface area (Å²) in [5.74, 6) is 0.294. The summed E-state index contributed by atoms with van der Waals surface area (Å²) >= 11 is 0. The Hall–Kier alpha value is -0.890. The molecule has 0 fully saturated rings. The zero-order valence-corrected chi connectivity index (χ0v) is 9.63. The van der Waals surface area contributed by atoms with E-state index in [-0.39, 0.29) is 5.82 Å². The van der Waals surface area contributed by atoms with Gasteiger partial charge in [-0.15, -0.1) is 0 Å². The van der Waals surface area contributed by atoms with Crippen LogP contribution in [0.5, 0.6) is 0 Å². The number of hydrogen-bond donors (Lipinski definition) is 1. The van der Waals surface area contributed by atoms with Gasteiger partial charge in [0.1, 0.15) is 5.82 Å². The first-order chi connectivity index (χ1) is 6.99. The van der Waals surface area contributed by atoms with Crippen LogP contribution >= 0.6 is 0 Å². The number of aliphatic hydroxyl groups is 1. The number of benzene rings is 1. The van der Waals surface area contributed by atoms with Gasteiger partial charge >= 0.3 is 0 Å². The highest BCUT2D eigenvalue weighted by Gasteiger charge is 2.09. The predicted molar refractivity (Wildman–Crippen MR) is 60.2 cm³/mol. The Morgan fingerprint density at radius 3 is 2.40 bits per heavy atom. The molecule has 0 aromatic heterocycles. The minimum Gasteiger partial charge on any atom is -0.388 e. The molecule has 1 aromatic rings. The average Bonchev–Trinajstić information content (AvgIpc) is 2.12. The lowest BCUT2D eigenvalue weighted by molar-refractivity contribution is 0.158. The molecule has 1 atom stereocenters. The van der Waals surface area contributed by atoms with Crippen LogP contribution < -0.4 is 0 Å². The van der Waals surface area contributed by atoms with Crippen LogP contribution in [0.15, 0.2) is 18.2 Å². The van der Waals surface area contributed by atoms with Gasteiger partial charge in [0.05, 0.1) is 6.10 Å². The monoisotopic (exact) mass is 210 g/mol. The van der Waals surface area contributed by atoms with Crippen molar-refractivity contribution in [2.45, 2.75) is 39.7 Å². The maximum Gasteiger partial charge on any atom is 0.123 e. The average molecular weight is 210 g/mol. The Labute approximate surface area is 90.9 Å². The van der Waals surface area contributed by atoms with Gasteiger partial charge in [0, 0.05) is 0 Å². The first-order valence-electron chi connectivity index (χ1n) is 5.44. The molecular formula is C13H19FO. The number of aryl methyl sites for hydroxylation is 1. The fraction of sp³-hybridized carbons (Fsp3) is 0.538. The summed E-state index contributed by atoms with van der Waals surface area (Å²) in [5, 5.41) is 9.85. The largest absolute Gasteiger partial charge is 0.388 e. The van der Waals surface area contributed by atoms with Gasteiger partial charge < -0.3 is 5.11 Å². The molecule has 0 aliphatic heterocycles. The van der Waals surface area contributed by atoms with Crippen molar-refractivity contribution in [1.29, 1.82) is 0 Å². The minimum atomic E-state index is -0.540. The standard InChI is InChI=1S/C13H19FO/c1-9(2)4-5-13(15)11-6-10(3)7-12(14)8-11/h6-9,13,15H,4-5H2,1-3H3. The Balaban J connectivity index is 2.68. The van der Waals surface area contributed by atoms with E-state index in [4.69, 9.17) is 0 Å². The van der Waals surface area contributed by atoms with E-state index in [0.717, 1.165) is 12.0 Å². The summed E-state index contributed by atoms with van der Waals surface area (Å²) < 4.78 is 13.1. The Bertz CT molecular complexity index is 300. The topological polar surface area (TPSA) is 20.2 Å². The smallest absolute Gasteiger partial charge is 0.123 e. The van der Waals surface area contributed by atoms with Crippen molar-refractivity contribution in [3.05, 3.63) is 35.1 Å². The quantitative estimate of drug-likeness (QED) is 0.805. The third kappa shape index (κ3) is 4.00. The van der Waals surface area contributed by atoms with Crippen LogP contribution in [-0.2, 0) is 0 Å². The number of rotatable bonds is 4. The molecule has 1 nitrogen and oxygen atoms in total. The van der Waals surface area contributed by atoms with Crippen molar-refractivity contribution in [3.8, 4) is 0 Å². The van der Waals surface area contributed by atoms with Crippen molar-refractivity contribution in [1.82, 2.24) is 0 Å². The van der Waals surface area contributed by atoms with Crippen molar-refractivity contribution in [2.24, 2.45) is 5.92 Å². The van der Waals surface area contributed by atoms with E-state index in [1.54, 1.807) is 0 Å². The molecule has 0 aliphatic carbocycles. The van der Waals surface area contributed by atoms with Gasteiger partial charge in [-0.25, -0.2) is 4.39 Å². The normalized spacial score (nSPS) is 13.2. The first-order valence-corrected chi connectivity index (χ1v) is 5.44. The van der Waals surface area contributed by atoms with Gasteiger partial charge in [0.15, 0.2) is 0 Å². The minimum absolute atomic E-state index is 0.270. The molecule has 1 unspecified atom stereocenters. The van der Waals surface area contributed by atoms with Crippen molar-refractivity contribution >= 4 is 0 Å². The maximum atomic E-state index is 13.1. The number of aliphatic hydroxyl groups excluding tert-OH is 1. The van der Waals surface area contributed by atoms with Gasteiger partial charge in [0.25, 0.3) is 0 Å². The molecule has 0 bridgehead atoms. The van der Waals surface area contributed by atoms with Crippen LogP contribution in [0.25, 0.3) is 0 Å². The molecule has 0 aliphatic rings. The second-order valence-electron chi connectivity index (χ2n) is 4.55. The van der Waals surface area contributed by atoms with E-state index in [0.29, 0.717) is 17.9 Å². The van der Waals surface area contributed by atoms with Gasteiger partial charge in [-0.2, -0.15) is 0 Å². The molecule has 0 spiro atoms. The lowest BCUT2D eigenvalue weighted by Gasteiger charge is -2.13. The third-order valence-corrected chi connectivity index (χ3v) is 2.47. The summed E-state index contributed by atoms with van der Waals surface area (Å²) in [4.78, 5) is 0. The molecule has 1 aromatic carbocycles. The Morgan fingerprint density at radius 1 is 1.20 bits per heavy atom. The van der Waals surface area contributed by atoms with Crippen molar-refractivity contribution < 1.29 is 9.50 Å². The highest BCUT2D eigenvalue weighted by Crippen LogP contribution is 2.22. The molecule has 2 heteroatoms. The van der Waals surface area contributed by atoms with E-state index < -0.39 is 6.10 Å². The molecule has 0 amide bonds. The molecule has 0 saturated heterocycles. The second-order valence-corrected chi connectivity index (χ2v) is 4.55. The van der Waals surface area contributed by atoms with Gasteiger partial charge in [-0.3, -0.25) is 0 Å². The fourth-order valence-corrected chi connectivity index (χ4v) is 1.61. The van der Waals surface area contributed by atoms with Crippen LogP contribution in [0.4, 0.5) is 4.39 Å². The summed E-state index contributed by atoms with van der Waals surface area (Å²) in [6, 6.07) is 4.73. The van der Waals surface area contributed by atoms with Crippen molar-refractivity contribution in [2.75, 3.05) is 0 Å². The van der Waals surface area contributed by atoms with Crippen molar-refractivity contribution in [3.63, 3.8) is 0 Å². The van der Waals surface area contributed by atoms with E-state index in [1.165, 1.54) is 12.1 Å². The van der Waals surface area contributed by atoms with Crippen LogP contribution in [0.2, 0.25) is 0 Å². The lowest BCUT2D eigenvalue weighted by atomic mass is 9.99. The third-order valence-electron chi connectivity index (χ3n) is 2.47. The molecule has 84 valence electrons. The van der Waals surface area contributed by atoms with E-state index in [2.05, 4.69) is 13.8 Å². The molecule has 15 heavy (non-hydrogen) atoms. The van der Waals surface area contributed by atoms with Crippen LogP contribution in [0.1, 0.15) is 43.9 Å². The molecule has 0 saturated carbocycles. The van der Waals surface area contributed by atoms with E-state index in [1.807, 2.05) is 13.0 Å². The van der Waals surface area contributed by atoms with Gasteiger partial charge in [-0.1, -0.05) is 19.9 Å². The first kappa shape index (κ1) is 12.2. The SMILES string of the molecule is Cc1cc(F)cc(C(O)CCC(C)C)c1. The van der Waals surface area contributed by atoms with Crippen LogP contribution in [0, 0.1) is 18.7 Å². The summed E-state index contributed by atoms with van der Waals surface area (Å²) in [6.07, 6.45) is 1.11. The second kappa shape index (κ2) is 5.26. The number of halogens is 1. The Morgan fingerprint density at radius 2 is 1.87 bits per heavy atom. The zero-order valence-electron chi connectivity index (χ0n) is 9.63. The molecule has 1 N–H and O–H groups in total. The highest BCUT2D eigenvalue weighted by atomic mass is 19.1. The molecule has 1 rings (SSSR count). The summed E-state index contributed by atoms with van der Waals surface area (Å²) in [7, 11) is 0. The molecule has 0 radical (unpaired) electrons. The van der Waals surface area contributed by atoms with Gasteiger partial charge in [0.2, 0.25) is 0 Å². The summed E-state index contributed by atoms with van der Waals surface area (Å²) in [5.41, 5.74) is 1.54. The summed E-state index contributed by atoms with van der Waals surface area (Å²) in [6.45, 7) is 6.06. The molecular weight excluding hydrogens is 191 g/mol. The number of hydrogen-bond acceptors (Lipinski definition) is 1. The van der Waals surface area contributed by atoms with E-state index >= 15 is 0 Å². The molecule has 0 heterocycles.